The number of nitrogens with zero attached hydrogens (tertiary/aromatic N) is 6. The highest BCUT2D eigenvalue weighted by atomic mass is 35.5. The lowest BCUT2D eigenvalue weighted by Gasteiger charge is -2.18. The lowest BCUT2D eigenvalue weighted by Crippen LogP contribution is -2.09. The lowest BCUT2D eigenvalue weighted by atomic mass is 9.97. The van der Waals surface area contributed by atoms with Crippen LogP contribution in [-0.2, 0) is 0 Å². The highest BCUT2D eigenvalue weighted by Crippen LogP contribution is 2.41. The maximum absolute atomic E-state index is 14.8. The van der Waals surface area contributed by atoms with Crippen molar-refractivity contribution in [3.63, 3.8) is 0 Å². The first-order valence-electron chi connectivity index (χ1n) is 9.19. The van der Waals surface area contributed by atoms with E-state index in [0.29, 0.717) is 4.68 Å². The number of benzene rings is 2. The molecular weight excluding hydrogens is 466 g/mol. The second kappa shape index (κ2) is 8.51. The normalized spacial score (nSPS) is 12.2. The van der Waals surface area contributed by atoms with E-state index in [1.165, 1.54) is 13.0 Å². The molecule has 0 aliphatic heterocycles. The third kappa shape index (κ3) is 3.87. The third-order valence-corrected chi connectivity index (χ3v) is 5.07. The van der Waals surface area contributed by atoms with Crippen LogP contribution in [0.3, 0.4) is 0 Å². The van der Waals surface area contributed by atoms with Gasteiger partial charge in [-0.15, -0.1) is 5.10 Å². The van der Waals surface area contributed by atoms with Gasteiger partial charge in [-0.3, -0.25) is 0 Å². The molecule has 0 saturated heterocycles. The molecule has 0 bridgehead atoms. The van der Waals surface area contributed by atoms with Crippen LogP contribution in [0.2, 0.25) is 5.02 Å². The summed E-state index contributed by atoms with van der Waals surface area (Å²) in [5.74, 6) is -2.27. The van der Waals surface area contributed by atoms with Crippen molar-refractivity contribution >= 4 is 28.3 Å². The standard InChI is InChI=1S/C20H12ClF4N7O/c1-8(19-30-7-32(31-19)20(24)25)33-17-9(5-26)4-11(16-13(17)18(27)29-6-28-16)10-2-3-12(22)14(21)15(10)23/h2-4,6-8,20H,1H3,(H2,27,28,29)/t8-/m0/s1. The molecule has 168 valence electrons. The van der Waals surface area contributed by atoms with E-state index < -0.39 is 29.3 Å². The van der Waals surface area contributed by atoms with Gasteiger partial charge in [-0.1, -0.05) is 11.6 Å². The van der Waals surface area contributed by atoms with Crippen molar-refractivity contribution in [1.82, 2.24) is 24.7 Å². The highest BCUT2D eigenvalue weighted by Gasteiger charge is 2.25. The molecule has 0 spiro atoms. The molecule has 4 rings (SSSR count). The summed E-state index contributed by atoms with van der Waals surface area (Å²) in [5, 5.41) is 12.7. The van der Waals surface area contributed by atoms with Crippen molar-refractivity contribution in [2.24, 2.45) is 0 Å². The van der Waals surface area contributed by atoms with E-state index in [9.17, 15) is 22.8 Å². The van der Waals surface area contributed by atoms with E-state index >= 15 is 0 Å². The highest BCUT2D eigenvalue weighted by molar-refractivity contribution is 6.31. The van der Waals surface area contributed by atoms with Crippen LogP contribution in [0, 0.1) is 23.0 Å². The van der Waals surface area contributed by atoms with Gasteiger partial charge < -0.3 is 10.5 Å². The molecule has 0 amide bonds. The zero-order chi connectivity index (χ0) is 23.9. The predicted molar refractivity (Wildman–Crippen MR) is 109 cm³/mol. The number of nitriles is 1. The Balaban J connectivity index is 1.91. The Morgan fingerprint density at radius 2 is 1.94 bits per heavy atom. The van der Waals surface area contributed by atoms with Gasteiger partial charge in [0.05, 0.1) is 16.5 Å². The number of hydrogen-bond acceptors (Lipinski definition) is 7. The number of fused-ring (bicyclic) bond motifs is 1. The molecule has 13 heteroatoms. The molecule has 0 aliphatic rings. The molecule has 0 radical (unpaired) electrons. The van der Waals surface area contributed by atoms with Crippen molar-refractivity contribution in [3.05, 3.63) is 58.9 Å². The summed E-state index contributed by atoms with van der Waals surface area (Å²) in [7, 11) is 0. The first kappa shape index (κ1) is 22.2. The van der Waals surface area contributed by atoms with Crippen molar-refractivity contribution in [2.75, 3.05) is 5.73 Å². The number of nitrogen functional groups attached to an aromatic ring is 1. The Morgan fingerprint density at radius 1 is 1.18 bits per heavy atom. The number of hydrogen-bond donors (Lipinski definition) is 1. The van der Waals surface area contributed by atoms with Crippen molar-refractivity contribution in [3.8, 4) is 22.9 Å². The van der Waals surface area contributed by atoms with E-state index in [4.69, 9.17) is 22.1 Å². The second-order valence-corrected chi connectivity index (χ2v) is 7.12. The molecule has 2 N–H and O–H groups in total. The summed E-state index contributed by atoms with van der Waals surface area (Å²) in [6.45, 7) is -1.42. The average Bonchev–Trinajstić information content (AvgIpc) is 3.29. The average molecular weight is 478 g/mol. The molecule has 8 nitrogen and oxygen atoms in total. The Morgan fingerprint density at radius 3 is 2.61 bits per heavy atom. The third-order valence-electron chi connectivity index (χ3n) is 4.72. The monoisotopic (exact) mass is 477 g/mol. The first-order chi connectivity index (χ1) is 15.7. The second-order valence-electron chi connectivity index (χ2n) is 6.74. The lowest BCUT2D eigenvalue weighted by molar-refractivity contribution is 0.0550. The van der Waals surface area contributed by atoms with Gasteiger partial charge >= 0.3 is 6.55 Å². The molecule has 0 saturated carbocycles. The van der Waals surface area contributed by atoms with E-state index in [0.717, 1.165) is 24.8 Å². The van der Waals surface area contributed by atoms with Crippen LogP contribution in [0.5, 0.6) is 5.75 Å². The molecule has 2 aromatic carbocycles. The van der Waals surface area contributed by atoms with Crippen LogP contribution in [0.15, 0.2) is 30.9 Å². The number of aromatic nitrogens is 5. The fourth-order valence-electron chi connectivity index (χ4n) is 3.18. The van der Waals surface area contributed by atoms with Crippen LogP contribution < -0.4 is 10.5 Å². The molecule has 0 unspecified atom stereocenters. The summed E-state index contributed by atoms with van der Waals surface area (Å²) < 4.78 is 60.3. The van der Waals surface area contributed by atoms with Crippen molar-refractivity contribution < 1.29 is 22.3 Å². The number of alkyl halides is 2. The van der Waals surface area contributed by atoms with E-state index in [1.807, 2.05) is 6.07 Å². The number of nitrogens with two attached hydrogens (primary N) is 1. The first-order valence-corrected chi connectivity index (χ1v) is 9.57. The van der Waals surface area contributed by atoms with Gasteiger partial charge in [0.15, 0.2) is 23.5 Å². The zero-order valence-corrected chi connectivity index (χ0v) is 17.4. The minimum atomic E-state index is -2.89. The zero-order valence-electron chi connectivity index (χ0n) is 16.6. The molecule has 0 fully saturated rings. The van der Waals surface area contributed by atoms with E-state index in [-0.39, 0.29) is 45.0 Å². The van der Waals surface area contributed by atoms with E-state index in [1.54, 1.807) is 0 Å². The maximum atomic E-state index is 14.8. The summed E-state index contributed by atoms with van der Waals surface area (Å²) in [6, 6.07) is 5.31. The minimum Gasteiger partial charge on any atom is -0.480 e. The molecule has 2 heterocycles. The number of halogens is 5. The quantitative estimate of drug-likeness (QED) is 0.324. The molecule has 1 atom stereocenters. The Hall–Kier alpha value is -3.98. The van der Waals surface area contributed by atoms with Gasteiger partial charge in [0, 0.05) is 11.1 Å². The predicted octanol–water partition coefficient (Wildman–Crippen LogP) is 4.81. The largest absolute Gasteiger partial charge is 0.480 e. The minimum absolute atomic E-state index is 0.0616. The van der Waals surface area contributed by atoms with Gasteiger partial charge in [-0.05, 0) is 25.1 Å². The van der Waals surface area contributed by atoms with E-state index in [2.05, 4.69) is 20.1 Å². The Bertz CT molecular complexity index is 1420. The van der Waals surface area contributed by atoms with Gasteiger partial charge in [0.25, 0.3) is 0 Å². The fraction of sp³-hybridized carbons (Fsp3) is 0.150. The summed E-state index contributed by atoms with van der Waals surface area (Å²) in [4.78, 5) is 11.8. The van der Waals surface area contributed by atoms with Crippen LogP contribution in [-0.4, -0.2) is 24.7 Å². The summed E-state index contributed by atoms with van der Waals surface area (Å²) >= 11 is 5.71. The van der Waals surface area contributed by atoms with Crippen LogP contribution >= 0.6 is 11.6 Å². The fourth-order valence-corrected chi connectivity index (χ4v) is 3.35. The van der Waals surface area contributed by atoms with Gasteiger partial charge in [0.1, 0.15) is 35.4 Å². The van der Waals surface area contributed by atoms with Crippen LogP contribution in [0.25, 0.3) is 22.0 Å². The number of rotatable bonds is 5. The number of ether oxygens (including phenoxy) is 1. The number of anilines is 1. The molecular formula is C20H12ClF4N7O. The smallest absolute Gasteiger partial charge is 0.334 e. The summed E-state index contributed by atoms with van der Waals surface area (Å²) in [6.07, 6.45) is 0.975. The molecule has 2 aromatic heterocycles. The van der Waals surface area contributed by atoms with Gasteiger partial charge in [-0.2, -0.15) is 18.7 Å². The van der Waals surface area contributed by atoms with Crippen molar-refractivity contribution in [1.29, 1.82) is 5.26 Å². The van der Waals surface area contributed by atoms with Crippen LogP contribution in [0.4, 0.5) is 23.4 Å². The molecule has 0 aliphatic carbocycles. The maximum Gasteiger partial charge on any atom is 0.334 e. The topological polar surface area (TPSA) is 116 Å². The molecule has 4 aromatic rings. The Kier molecular flexibility index (Phi) is 5.73. The molecule has 33 heavy (non-hydrogen) atoms. The SMILES string of the molecule is C[C@H](Oc1c(C#N)cc(-c2ccc(F)c(Cl)c2F)c2ncnc(N)c12)c1ncn(C(F)F)n1. The van der Waals surface area contributed by atoms with Crippen LogP contribution in [0.1, 0.15) is 31.0 Å². The van der Waals surface area contributed by atoms with Crippen molar-refractivity contribution in [2.45, 2.75) is 19.6 Å². The summed E-state index contributed by atoms with van der Waals surface area (Å²) in [5.41, 5.74) is 5.98. The van der Waals surface area contributed by atoms with Gasteiger partial charge in [0.2, 0.25) is 0 Å². The van der Waals surface area contributed by atoms with Gasteiger partial charge in [-0.25, -0.2) is 23.7 Å². The Labute approximate surface area is 188 Å².